The van der Waals surface area contributed by atoms with Crippen LogP contribution in [0.5, 0.6) is 0 Å². The fraction of sp³-hybridized carbons (Fsp3) is 0.263. The molecule has 2 rings (SSSR count). The van der Waals surface area contributed by atoms with E-state index in [1.165, 1.54) is 0 Å². The van der Waals surface area contributed by atoms with Gasteiger partial charge in [-0.15, -0.1) is 0 Å². The van der Waals surface area contributed by atoms with Gasteiger partial charge in [-0.1, -0.05) is 6.07 Å². The topological polar surface area (TPSA) is 98.1 Å². The number of carbonyl (C=O) groups is 2. The molecule has 0 radical (unpaired) electrons. The van der Waals surface area contributed by atoms with Crippen LogP contribution in [0.3, 0.4) is 0 Å². The third-order valence-electron chi connectivity index (χ3n) is 3.83. The van der Waals surface area contributed by atoms with Crippen LogP contribution in [0.4, 0.5) is 11.5 Å². The minimum absolute atomic E-state index is 0.213. The first-order chi connectivity index (χ1) is 12.6. The number of rotatable bonds is 6. The van der Waals surface area contributed by atoms with Crippen LogP contribution in [0.1, 0.15) is 25.0 Å². The first-order valence-electron chi connectivity index (χ1n) is 8.36. The minimum atomic E-state index is -0.762. The van der Waals surface area contributed by atoms with Crippen molar-refractivity contribution in [1.82, 2.24) is 10.3 Å². The number of hydrogen-bond acceptors (Lipinski definition) is 5. The molecule has 0 aliphatic heterocycles. The van der Waals surface area contributed by atoms with Crippen LogP contribution in [0.25, 0.3) is 0 Å². The molecule has 0 atom stereocenters. The number of pyridine rings is 1. The van der Waals surface area contributed by atoms with Crippen LogP contribution in [0.15, 0.2) is 42.6 Å². The first kappa shape index (κ1) is 18.9. The van der Waals surface area contributed by atoms with Gasteiger partial charge in [0.15, 0.2) is 0 Å². The van der Waals surface area contributed by atoms with Crippen LogP contribution in [-0.4, -0.2) is 29.9 Å². The summed E-state index contributed by atoms with van der Waals surface area (Å²) < 4.78 is 0. The maximum Gasteiger partial charge on any atom is 0.313 e. The SMILES string of the molecule is CCN(CC)c1ccc(CNC(=O)C(=O)Nc2ccc(C#N)cc2)cn1. The molecule has 0 saturated heterocycles. The Morgan fingerprint density at radius 1 is 1.08 bits per heavy atom. The molecule has 2 N–H and O–H groups in total. The number of carbonyl (C=O) groups excluding carboxylic acids is 2. The van der Waals surface area contributed by atoms with E-state index in [9.17, 15) is 9.59 Å². The van der Waals surface area contributed by atoms with E-state index in [0.717, 1.165) is 24.5 Å². The Balaban J connectivity index is 1.87. The maximum absolute atomic E-state index is 11.9. The van der Waals surface area contributed by atoms with E-state index < -0.39 is 11.8 Å². The Morgan fingerprint density at radius 2 is 1.77 bits per heavy atom. The molecular formula is C19H21N5O2. The highest BCUT2D eigenvalue weighted by Crippen LogP contribution is 2.11. The molecule has 1 heterocycles. The molecule has 26 heavy (non-hydrogen) atoms. The summed E-state index contributed by atoms with van der Waals surface area (Å²) in [6.07, 6.45) is 1.69. The number of nitrogens with one attached hydrogen (secondary N) is 2. The van der Waals surface area contributed by atoms with E-state index in [1.807, 2.05) is 18.2 Å². The number of nitrogens with zero attached hydrogens (tertiary/aromatic N) is 3. The zero-order chi connectivity index (χ0) is 18.9. The lowest BCUT2D eigenvalue weighted by Gasteiger charge is -2.19. The largest absolute Gasteiger partial charge is 0.357 e. The smallest absolute Gasteiger partial charge is 0.313 e. The Bertz CT molecular complexity index is 790. The lowest BCUT2D eigenvalue weighted by molar-refractivity contribution is -0.136. The summed E-state index contributed by atoms with van der Waals surface area (Å²) in [5.41, 5.74) is 1.74. The predicted octanol–water partition coefficient (Wildman–Crippen LogP) is 2.05. The molecular weight excluding hydrogens is 330 g/mol. The van der Waals surface area contributed by atoms with Crippen molar-refractivity contribution in [2.75, 3.05) is 23.3 Å². The van der Waals surface area contributed by atoms with E-state index in [2.05, 4.69) is 34.4 Å². The van der Waals surface area contributed by atoms with Gasteiger partial charge in [0.1, 0.15) is 5.82 Å². The summed E-state index contributed by atoms with van der Waals surface area (Å²) >= 11 is 0. The summed E-state index contributed by atoms with van der Waals surface area (Å²) in [5.74, 6) is -0.617. The zero-order valence-electron chi connectivity index (χ0n) is 14.8. The molecule has 1 aromatic heterocycles. The fourth-order valence-corrected chi connectivity index (χ4v) is 2.33. The van der Waals surface area contributed by atoms with Crippen molar-refractivity contribution in [2.45, 2.75) is 20.4 Å². The molecule has 0 spiro atoms. The molecule has 0 unspecified atom stereocenters. The average Bonchev–Trinajstić information content (AvgIpc) is 2.68. The van der Waals surface area contributed by atoms with Crippen LogP contribution in [-0.2, 0) is 16.1 Å². The van der Waals surface area contributed by atoms with Crippen LogP contribution in [0, 0.1) is 11.3 Å². The lowest BCUT2D eigenvalue weighted by atomic mass is 10.2. The number of amides is 2. The second-order valence-electron chi connectivity index (χ2n) is 5.52. The van der Waals surface area contributed by atoms with E-state index >= 15 is 0 Å². The number of aromatic nitrogens is 1. The number of anilines is 2. The third kappa shape index (κ3) is 5.05. The normalized spacial score (nSPS) is 9.88. The molecule has 0 fully saturated rings. The van der Waals surface area contributed by atoms with Crippen LogP contribution in [0.2, 0.25) is 0 Å². The highest BCUT2D eigenvalue weighted by molar-refractivity contribution is 6.39. The van der Waals surface area contributed by atoms with Gasteiger partial charge in [0.2, 0.25) is 0 Å². The maximum atomic E-state index is 11.9. The summed E-state index contributed by atoms with van der Waals surface area (Å²) in [4.78, 5) is 30.3. The van der Waals surface area contributed by atoms with Gasteiger partial charge in [0, 0.05) is 31.5 Å². The summed E-state index contributed by atoms with van der Waals surface area (Å²) in [7, 11) is 0. The molecule has 0 aliphatic rings. The number of nitriles is 1. The molecule has 2 aromatic rings. The molecule has 0 aliphatic carbocycles. The van der Waals surface area contributed by atoms with Crippen molar-refractivity contribution in [2.24, 2.45) is 0 Å². The van der Waals surface area contributed by atoms with Crippen LogP contribution >= 0.6 is 0 Å². The minimum Gasteiger partial charge on any atom is -0.357 e. The van der Waals surface area contributed by atoms with Gasteiger partial charge in [-0.2, -0.15) is 5.26 Å². The fourth-order valence-electron chi connectivity index (χ4n) is 2.33. The zero-order valence-corrected chi connectivity index (χ0v) is 14.8. The average molecular weight is 351 g/mol. The Hall–Kier alpha value is -3.40. The molecule has 0 bridgehead atoms. The van der Waals surface area contributed by atoms with Crippen molar-refractivity contribution in [3.8, 4) is 6.07 Å². The standard InChI is InChI=1S/C19H21N5O2/c1-3-24(4-2)17-10-7-15(12-21-17)13-22-18(25)19(26)23-16-8-5-14(11-20)6-9-16/h5-10,12H,3-4,13H2,1-2H3,(H,22,25)(H,23,26). The second-order valence-corrected chi connectivity index (χ2v) is 5.52. The van der Waals surface area contributed by atoms with Gasteiger partial charge in [0.05, 0.1) is 11.6 Å². The van der Waals surface area contributed by atoms with Gasteiger partial charge in [0.25, 0.3) is 0 Å². The van der Waals surface area contributed by atoms with E-state index in [0.29, 0.717) is 11.3 Å². The second kappa shape index (κ2) is 9.18. The van der Waals surface area contributed by atoms with E-state index in [1.54, 1.807) is 30.5 Å². The number of benzene rings is 1. The van der Waals surface area contributed by atoms with Gasteiger partial charge in [-0.05, 0) is 49.7 Å². The summed E-state index contributed by atoms with van der Waals surface area (Å²) in [5, 5.41) is 13.8. The highest BCUT2D eigenvalue weighted by Gasteiger charge is 2.13. The van der Waals surface area contributed by atoms with Gasteiger partial charge >= 0.3 is 11.8 Å². The van der Waals surface area contributed by atoms with Gasteiger partial charge in [-0.25, -0.2) is 4.98 Å². The monoisotopic (exact) mass is 351 g/mol. The molecule has 7 nitrogen and oxygen atoms in total. The Morgan fingerprint density at radius 3 is 2.31 bits per heavy atom. The van der Waals surface area contributed by atoms with Gasteiger partial charge in [-0.3, -0.25) is 9.59 Å². The number of hydrogen-bond donors (Lipinski definition) is 2. The van der Waals surface area contributed by atoms with Crippen LogP contribution < -0.4 is 15.5 Å². The first-order valence-corrected chi connectivity index (χ1v) is 8.36. The molecule has 2 amide bonds. The predicted molar refractivity (Wildman–Crippen MR) is 99.4 cm³/mol. The highest BCUT2D eigenvalue weighted by atomic mass is 16.2. The van der Waals surface area contributed by atoms with Gasteiger partial charge < -0.3 is 15.5 Å². The van der Waals surface area contributed by atoms with Crippen molar-refractivity contribution in [1.29, 1.82) is 5.26 Å². The molecule has 134 valence electrons. The summed E-state index contributed by atoms with van der Waals surface area (Å²) in [6.45, 7) is 6.08. The quantitative estimate of drug-likeness (QED) is 0.776. The van der Waals surface area contributed by atoms with E-state index in [-0.39, 0.29) is 6.54 Å². The third-order valence-corrected chi connectivity index (χ3v) is 3.83. The van der Waals surface area contributed by atoms with Crippen molar-refractivity contribution in [3.05, 3.63) is 53.7 Å². The molecule has 0 saturated carbocycles. The molecule has 7 heteroatoms. The Labute approximate surface area is 152 Å². The summed E-state index contributed by atoms with van der Waals surface area (Å²) in [6, 6.07) is 12.0. The van der Waals surface area contributed by atoms with Crippen molar-refractivity contribution in [3.63, 3.8) is 0 Å². The lowest BCUT2D eigenvalue weighted by Crippen LogP contribution is -2.35. The van der Waals surface area contributed by atoms with E-state index in [4.69, 9.17) is 5.26 Å². The molecule has 1 aromatic carbocycles. The van der Waals surface area contributed by atoms with Crippen molar-refractivity contribution >= 4 is 23.3 Å². The van der Waals surface area contributed by atoms with Crippen molar-refractivity contribution < 1.29 is 9.59 Å². The Kier molecular flexibility index (Phi) is 6.68.